The molecule has 0 amide bonds. The first-order chi connectivity index (χ1) is 14.3. The fourth-order valence-electron chi connectivity index (χ4n) is 2.88. The minimum Gasteiger partial charge on any atom is -0.451 e. The van der Waals surface area contributed by atoms with Crippen molar-refractivity contribution < 1.29 is 31.8 Å². The third-order valence-corrected chi connectivity index (χ3v) is 4.45. The van der Waals surface area contributed by atoms with Crippen LogP contribution in [-0.4, -0.2) is 14.5 Å². The lowest BCUT2D eigenvalue weighted by Crippen LogP contribution is -2.36. The summed E-state index contributed by atoms with van der Waals surface area (Å²) in [6, 6.07) is 8.37. The number of imidazole rings is 1. The van der Waals surface area contributed by atoms with Gasteiger partial charge in [0.1, 0.15) is 24.8 Å². The summed E-state index contributed by atoms with van der Waals surface area (Å²) in [5.41, 5.74) is -1.74. The lowest BCUT2D eigenvalue weighted by atomic mass is 10.0. The van der Waals surface area contributed by atoms with Crippen molar-refractivity contribution in [3.8, 4) is 11.6 Å². The van der Waals surface area contributed by atoms with E-state index >= 15 is 0 Å². The maximum absolute atomic E-state index is 13.9. The van der Waals surface area contributed by atoms with Crippen molar-refractivity contribution in [1.29, 1.82) is 0 Å². The van der Waals surface area contributed by atoms with Gasteiger partial charge < -0.3 is 14.2 Å². The molecule has 3 aromatic rings. The number of pyridine rings is 1. The van der Waals surface area contributed by atoms with Gasteiger partial charge in [-0.1, -0.05) is 11.6 Å². The Bertz CT molecular complexity index is 1080. The first-order valence-electron chi connectivity index (χ1n) is 8.45. The van der Waals surface area contributed by atoms with Gasteiger partial charge in [0.05, 0.1) is 18.1 Å². The molecule has 3 heterocycles. The van der Waals surface area contributed by atoms with Crippen LogP contribution in [0.5, 0.6) is 11.6 Å². The Balaban J connectivity index is 1.74. The van der Waals surface area contributed by atoms with Crippen LogP contribution < -0.4 is 4.74 Å². The number of alkyl halides is 3. The van der Waals surface area contributed by atoms with Crippen LogP contribution >= 0.6 is 11.6 Å². The Morgan fingerprint density at radius 2 is 1.77 bits per heavy atom. The van der Waals surface area contributed by atoms with Crippen molar-refractivity contribution in [2.45, 2.75) is 18.5 Å². The number of halogens is 5. The fourth-order valence-corrected chi connectivity index (χ4v) is 3.01. The summed E-state index contributed by atoms with van der Waals surface area (Å²) >= 11 is 5.79. The van der Waals surface area contributed by atoms with Gasteiger partial charge in [-0.15, -0.1) is 0 Å². The molecule has 30 heavy (non-hydrogen) atoms. The molecule has 0 unspecified atom stereocenters. The molecule has 1 aliphatic rings. The summed E-state index contributed by atoms with van der Waals surface area (Å²) in [5, 5.41) is 0.443. The summed E-state index contributed by atoms with van der Waals surface area (Å²) in [7, 11) is 0. The van der Waals surface area contributed by atoms with Crippen LogP contribution in [0.25, 0.3) is 0 Å². The van der Waals surface area contributed by atoms with Gasteiger partial charge >= 0.3 is 6.18 Å². The Hall–Kier alpha value is -3.27. The Labute approximate surface area is 172 Å². The van der Waals surface area contributed by atoms with E-state index in [1.54, 1.807) is 0 Å². The van der Waals surface area contributed by atoms with E-state index in [2.05, 4.69) is 9.97 Å². The molecule has 6 nitrogen and oxygen atoms in total. The topological polar surface area (TPSA) is 58.4 Å². The second kappa shape index (κ2) is 7.52. The molecule has 1 aromatic carbocycles. The third-order valence-electron chi connectivity index (χ3n) is 4.20. The summed E-state index contributed by atoms with van der Waals surface area (Å²) in [6.45, 7) is -0.437. The number of rotatable bonds is 5. The molecule has 11 heteroatoms. The van der Waals surface area contributed by atoms with E-state index in [0.29, 0.717) is 5.02 Å². The van der Waals surface area contributed by atoms with Crippen molar-refractivity contribution in [3.63, 3.8) is 0 Å². The van der Waals surface area contributed by atoms with Crippen LogP contribution in [0.4, 0.5) is 17.6 Å². The Kier molecular flexibility index (Phi) is 5.02. The molecule has 0 atom stereocenters. The highest BCUT2D eigenvalue weighted by molar-refractivity contribution is 6.30. The van der Waals surface area contributed by atoms with Crippen LogP contribution in [-0.2, 0) is 28.0 Å². The van der Waals surface area contributed by atoms with Crippen LogP contribution in [0.1, 0.15) is 11.3 Å². The molecule has 0 radical (unpaired) electrons. The van der Waals surface area contributed by atoms with E-state index in [1.165, 1.54) is 30.3 Å². The van der Waals surface area contributed by atoms with Gasteiger partial charge in [-0.3, -0.25) is 4.57 Å². The monoisotopic (exact) mass is 441 g/mol. The van der Waals surface area contributed by atoms with Crippen molar-refractivity contribution in [2.75, 3.05) is 0 Å². The zero-order chi connectivity index (χ0) is 21.4. The average molecular weight is 442 g/mol. The van der Waals surface area contributed by atoms with E-state index in [9.17, 15) is 17.6 Å². The van der Waals surface area contributed by atoms with Gasteiger partial charge in [-0.25, -0.2) is 9.97 Å². The summed E-state index contributed by atoms with van der Waals surface area (Å²) in [4.78, 5) is 7.23. The first-order valence-corrected chi connectivity index (χ1v) is 8.83. The third kappa shape index (κ3) is 3.90. The molecule has 0 fully saturated rings. The number of benzene rings is 1. The number of hydrogen-bond acceptors (Lipinski definition) is 5. The zero-order valence-electron chi connectivity index (χ0n) is 14.9. The molecule has 0 spiro atoms. The molecule has 0 saturated heterocycles. The second-order valence-corrected chi connectivity index (χ2v) is 6.64. The Morgan fingerprint density at radius 1 is 1.07 bits per heavy atom. The van der Waals surface area contributed by atoms with Gasteiger partial charge in [0.2, 0.25) is 11.8 Å². The molecule has 1 aliphatic heterocycles. The number of nitrogens with zero attached hydrogens (tertiary/aromatic N) is 3. The van der Waals surface area contributed by atoms with Crippen LogP contribution in [0.3, 0.4) is 0 Å². The molecule has 0 saturated carbocycles. The normalized spacial score (nSPS) is 15.0. The van der Waals surface area contributed by atoms with Gasteiger partial charge in [-0.2, -0.15) is 17.6 Å². The summed E-state index contributed by atoms with van der Waals surface area (Å²) in [5.74, 6) is -2.81. The zero-order valence-corrected chi connectivity index (χ0v) is 15.7. The van der Waals surface area contributed by atoms with Crippen LogP contribution in [0, 0.1) is 5.95 Å². The fraction of sp³-hybridized carbons (Fsp3) is 0.158. The standard InChI is InChI=1S/C19H12ClF4N3O3/c20-12-1-3-13(4-2-12)30-16-6-5-14(17(26-16)19(22,23)24)18(28-7-8-29-18)10-27-11-25-9-15(27)21/h1-9,11H,10H2. The highest BCUT2D eigenvalue weighted by Gasteiger charge is 2.48. The lowest BCUT2D eigenvalue weighted by molar-refractivity contribution is -0.177. The van der Waals surface area contributed by atoms with Crippen molar-refractivity contribution in [2.24, 2.45) is 0 Å². The van der Waals surface area contributed by atoms with Crippen molar-refractivity contribution in [3.05, 3.63) is 83.7 Å². The average Bonchev–Trinajstić information content (AvgIpc) is 3.33. The number of aromatic nitrogens is 3. The van der Waals surface area contributed by atoms with Gasteiger partial charge in [0, 0.05) is 11.1 Å². The van der Waals surface area contributed by atoms with Crippen molar-refractivity contribution in [1.82, 2.24) is 14.5 Å². The molecule has 4 rings (SSSR count). The minimum atomic E-state index is -4.87. The van der Waals surface area contributed by atoms with Crippen LogP contribution in [0.2, 0.25) is 5.02 Å². The maximum Gasteiger partial charge on any atom is 0.434 e. The molecule has 0 N–H and O–H groups in total. The predicted octanol–water partition coefficient (Wildman–Crippen LogP) is 5.25. The molecule has 156 valence electrons. The van der Waals surface area contributed by atoms with E-state index in [4.69, 9.17) is 25.8 Å². The summed E-state index contributed by atoms with van der Waals surface area (Å²) < 4.78 is 72.4. The van der Waals surface area contributed by atoms with E-state index in [1.807, 2.05) is 0 Å². The largest absolute Gasteiger partial charge is 0.451 e. The first kappa shape index (κ1) is 20.0. The maximum atomic E-state index is 13.9. The number of ether oxygens (including phenoxy) is 3. The van der Waals surface area contributed by atoms with E-state index < -0.39 is 35.7 Å². The quantitative estimate of drug-likeness (QED) is 0.506. The number of hydrogen-bond donors (Lipinski definition) is 0. The Morgan fingerprint density at radius 3 is 2.37 bits per heavy atom. The molecular weight excluding hydrogens is 430 g/mol. The molecule has 2 aromatic heterocycles. The van der Waals surface area contributed by atoms with Gasteiger partial charge in [0.25, 0.3) is 5.79 Å². The molecule has 0 aliphatic carbocycles. The van der Waals surface area contributed by atoms with Crippen molar-refractivity contribution >= 4 is 11.6 Å². The highest BCUT2D eigenvalue weighted by atomic mass is 35.5. The SMILES string of the molecule is Fc1cncn1CC1(c2ccc(Oc3ccc(Cl)cc3)nc2C(F)(F)F)OC=CO1. The smallest absolute Gasteiger partial charge is 0.434 e. The van der Waals surface area contributed by atoms with E-state index in [0.717, 1.165) is 35.7 Å². The van der Waals surface area contributed by atoms with Crippen LogP contribution in [0.15, 0.2) is 61.4 Å². The van der Waals surface area contributed by atoms with Gasteiger partial charge in [-0.05, 0) is 30.3 Å². The lowest BCUT2D eigenvalue weighted by Gasteiger charge is -2.30. The molecule has 0 bridgehead atoms. The summed E-state index contributed by atoms with van der Waals surface area (Å²) in [6.07, 6.45) is -0.687. The highest BCUT2D eigenvalue weighted by Crippen LogP contribution is 2.42. The minimum absolute atomic E-state index is 0.248. The second-order valence-electron chi connectivity index (χ2n) is 6.20. The predicted molar refractivity (Wildman–Crippen MR) is 95.9 cm³/mol. The van der Waals surface area contributed by atoms with Gasteiger partial charge in [0.15, 0.2) is 5.69 Å². The van der Waals surface area contributed by atoms with E-state index in [-0.39, 0.29) is 11.6 Å². The molecular formula is C19H12ClF4N3O3.